The van der Waals surface area contributed by atoms with Crippen LogP contribution >= 0.6 is 15.9 Å². The van der Waals surface area contributed by atoms with E-state index in [1.165, 1.54) is 0 Å². The number of carbonyl (C=O) groups is 3. The van der Waals surface area contributed by atoms with E-state index < -0.39 is 5.97 Å². The fourth-order valence-corrected chi connectivity index (χ4v) is 4.71. The van der Waals surface area contributed by atoms with Crippen LogP contribution in [0.2, 0.25) is 0 Å². The van der Waals surface area contributed by atoms with E-state index in [0.29, 0.717) is 58.8 Å². The van der Waals surface area contributed by atoms with E-state index in [1.807, 2.05) is 35.2 Å². The quantitative estimate of drug-likeness (QED) is 0.412. The molecule has 4 rings (SSSR count). The van der Waals surface area contributed by atoms with Crippen LogP contribution in [0.25, 0.3) is 0 Å². The largest absolute Gasteiger partial charge is 0.496 e. The first-order valence-corrected chi connectivity index (χ1v) is 12.8. The van der Waals surface area contributed by atoms with Gasteiger partial charge in [-0.3, -0.25) is 9.59 Å². The molecule has 1 heterocycles. The second kappa shape index (κ2) is 11.9. The third kappa shape index (κ3) is 6.11. The molecule has 0 aromatic heterocycles. The van der Waals surface area contributed by atoms with Crippen LogP contribution in [-0.2, 0) is 4.74 Å². The molecule has 1 saturated heterocycles. The summed E-state index contributed by atoms with van der Waals surface area (Å²) in [4.78, 5) is 42.3. The lowest BCUT2D eigenvalue weighted by Crippen LogP contribution is -2.49. The SMILES string of the molecule is CCOC(=O)c1ccc(N2CCN(C(=O)c3ccccc3)CC2)c(NC(=O)c2ccc(OC)c(Br)c2)c1. The maximum absolute atomic E-state index is 13.1. The molecule has 192 valence electrons. The minimum Gasteiger partial charge on any atom is -0.496 e. The van der Waals surface area contributed by atoms with Gasteiger partial charge in [0.25, 0.3) is 11.8 Å². The number of halogens is 1. The van der Waals surface area contributed by atoms with Crippen molar-refractivity contribution in [2.75, 3.05) is 50.1 Å². The summed E-state index contributed by atoms with van der Waals surface area (Å²) in [6.07, 6.45) is 0. The molecule has 0 saturated carbocycles. The summed E-state index contributed by atoms with van der Waals surface area (Å²) in [5.74, 6) is -0.181. The van der Waals surface area contributed by atoms with Gasteiger partial charge in [0.1, 0.15) is 5.75 Å². The number of hydrogen-bond donors (Lipinski definition) is 1. The number of carbonyl (C=O) groups excluding carboxylic acids is 3. The van der Waals surface area contributed by atoms with Crippen LogP contribution in [-0.4, -0.2) is 62.6 Å². The summed E-state index contributed by atoms with van der Waals surface area (Å²) >= 11 is 3.41. The molecule has 9 heteroatoms. The van der Waals surface area contributed by atoms with Gasteiger partial charge in [-0.1, -0.05) is 18.2 Å². The average molecular weight is 566 g/mol. The molecule has 0 unspecified atom stereocenters. The molecular formula is C28H28BrN3O5. The highest BCUT2D eigenvalue weighted by molar-refractivity contribution is 9.10. The molecule has 0 bridgehead atoms. The molecular weight excluding hydrogens is 538 g/mol. The summed E-state index contributed by atoms with van der Waals surface area (Å²) in [6.45, 7) is 4.22. The van der Waals surface area contributed by atoms with Crippen LogP contribution in [0.5, 0.6) is 5.75 Å². The van der Waals surface area contributed by atoms with Crippen molar-refractivity contribution in [3.05, 3.63) is 87.9 Å². The number of piperazine rings is 1. The van der Waals surface area contributed by atoms with Crippen molar-refractivity contribution in [1.29, 1.82) is 0 Å². The lowest BCUT2D eigenvalue weighted by molar-refractivity contribution is 0.0526. The molecule has 1 fully saturated rings. The molecule has 0 aliphatic carbocycles. The minimum absolute atomic E-state index is 0.00322. The van der Waals surface area contributed by atoms with Gasteiger partial charge in [0.05, 0.1) is 35.1 Å². The Morgan fingerprint density at radius 2 is 1.59 bits per heavy atom. The van der Waals surface area contributed by atoms with E-state index in [4.69, 9.17) is 9.47 Å². The smallest absolute Gasteiger partial charge is 0.338 e. The van der Waals surface area contributed by atoms with Crippen molar-refractivity contribution < 1.29 is 23.9 Å². The van der Waals surface area contributed by atoms with Crippen molar-refractivity contribution in [2.24, 2.45) is 0 Å². The van der Waals surface area contributed by atoms with Crippen LogP contribution in [0.1, 0.15) is 38.0 Å². The topological polar surface area (TPSA) is 88.2 Å². The lowest BCUT2D eigenvalue weighted by Gasteiger charge is -2.37. The third-order valence-electron chi connectivity index (χ3n) is 6.10. The number of benzene rings is 3. The van der Waals surface area contributed by atoms with Gasteiger partial charge in [0, 0.05) is 37.3 Å². The third-order valence-corrected chi connectivity index (χ3v) is 6.72. The first-order chi connectivity index (χ1) is 17.9. The van der Waals surface area contributed by atoms with Gasteiger partial charge in [-0.15, -0.1) is 0 Å². The van der Waals surface area contributed by atoms with Gasteiger partial charge in [-0.05, 0) is 71.4 Å². The Labute approximate surface area is 224 Å². The van der Waals surface area contributed by atoms with Gasteiger partial charge in [0.15, 0.2) is 0 Å². The normalized spacial score (nSPS) is 13.2. The zero-order valence-corrected chi connectivity index (χ0v) is 22.3. The van der Waals surface area contributed by atoms with Crippen molar-refractivity contribution in [3.8, 4) is 5.75 Å². The Morgan fingerprint density at radius 1 is 0.892 bits per heavy atom. The number of ether oxygens (including phenoxy) is 2. The summed E-state index contributed by atoms with van der Waals surface area (Å²) in [5.41, 5.74) is 2.69. The molecule has 0 radical (unpaired) electrons. The Hall–Kier alpha value is -3.85. The van der Waals surface area contributed by atoms with Crippen molar-refractivity contribution >= 4 is 45.1 Å². The van der Waals surface area contributed by atoms with Crippen LogP contribution < -0.4 is 15.0 Å². The van der Waals surface area contributed by atoms with E-state index >= 15 is 0 Å². The van der Waals surface area contributed by atoms with E-state index in [-0.39, 0.29) is 18.4 Å². The van der Waals surface area contributed by atoms with Gasteiger partial charge < -0.3 is 24.6 Å². The van der Waals surface area contributed by atoms with Crippen molar-refractivity contribution in [3.63, 3.8) is 0 Å². The van der Waals surface area contributed by atoms with Crippen LogP contribution in [0.3, 0.4) is 0 Å². The van der Waals surface area contributed by atoms with Crippen LogP contribution in [0.15, 0.2) is 71.2 Å². The molecule has 3 aromatic carbocycles. The molecule has 0 spiro atoms. The van der Waals surface area contributed by atoms with Gasteiger partial charge >= 0.3 is 5.97 Å². The average Bonchev–Trinajstić information content (AvgIpc) is 2.93. The molecule has 1 N–H and O–H groups in total. The Kier molecular flexibility index (Phi) is 8.45. The Morgan fingerprint density at radius 3 is 2.24 bits per heavy atom. The number of nitrogens with one attached hydrogen (secondary N) is 1. The molecule has 8 nitrogen and oxygen atoms in total. The number of nitrogens with zero attached hydrogens (tertiary/aromatic N) is 2. The highest BCUT2D eigenvalue weighted by Crippen LogP contribution is 2.31. The van der Waals surface area contributed by atoms with Crippen molar-refractivity contribution in [2.45, 2.75) is 6.92 Å². The number of esters is 1. The van der Waals surface area contributed by atoms with Gasteiger partial charge in [-0.25, -0.2) is 4.79 Å². The first-order valence-electron chi connectivity index (χ1n) is 12.0. The summed E-state index contributed by atoms with van der Waals surface area (Å²) in [6, 6.07) is 19.4. The predicted octanol–water partition coefficient (Wildman–Crippen LogP) is 4.85. The number of methoxy groups -OCH3 is 1. The van der Waals surface area contributed by atoms with E-state index in [2.05, 4.69) is 26.1 Å². The van der Waals surface area contributed by atoms with E-state index in [9.17, 15) is 14.4 Å². The molecule has 1 aliphatic heterocycles. The Balaban J connectivity index is 1.56. The monoisotopic (exact) mass is 565 g/mol. The standard InChI is InChI=1S/C28H28BrN3O5/c1-3-37-28(35)21-9-11-24(23(18-21)30-26(33)20-10-12-25(36-2)22(29)17-20)31-13-15-32(16-14-31)27(34)19-7-5-4-6-8-19/h4-12,17-18H,3,13-16H2,1-2H3,(H,30,33). The number of amides is 2. The van der Waals surface area contributed by atoms with Crippen LogP contribution in [0.4, 0.5) is 11.4 Å². The molecule has 0 atom stereocenters. The highest BCUT2D eigenvalue weighted by atomic mass is 79.9. The van der Waals surface area contributed by atoms with Crippen LogP contribution in [0, 0.1) is 0 Å². The zero-order chi connectivity index (χ0) is 26.4. The zero-order valence-electron chi connectivity index (χ0n) is 20.7. The summed E-state index contributed by atoms with van der Waals surface area (Å²) in [7, 11) is 1.56. The molecule has 2 amide bonds. The second-order valence-corrected chi connectivity index (χ2v) is 9.26. The summed E-state index contributed by atoms with van der Waals surface area (Å²) < 4.78 is 11.1. The predicted molar refractivity (Wildman–Crippen MR) is 146 cm³/mol. The maximum atomic E-state index is 13.1. The summed E-state index contributed by atoms with van der Waals surface area (Å²) in [5, 5.41) is 2.96. The molecule has 37 heavy (non-hydrogen) atoms. The molecule has 3 aromatic rings. The number of rotatable bonds is 7. The number of anilines is 2. The number of hydrogen-bond acceptors (Lipinski definition) is 6. The van der Waals surface area contributed by atoms with E-state index in [0.717, 1.165) is 5.69 Å². The van der Waals surface area contributed by atoms with E-state index in [1.54, 1.807) is 50.4 Å². The molecule has 1 aliphatic rings. The van der Waals surface area contributed by atoms with Gasteiger partial charge in [-0.2, -0.15) is 0 Å². The lowest BCUT2D eigenvalue weighted by atomic mass is 10.1. The minimum atomic E-state index is -0.463. The first kappa shape index (κ1) is 26.2. The fourth-order valence-electron chi connectivity index (χ4n) is 4.17. The fraction of sp³-hybridized carbons (Fsp3) is 0.250. The maximum Gasteiger partial charge on any atom is 0.338 e. The van der Waals surface area contributed by atoms with Crippen molar-refractivity contribution in [1.82, 2.24) is 4.90 Å². The Bertz CT molecular complexity index is 1290. The van der Waals surface area contributed by atoms with Gasteiger partial charge in [0.2, 0.25) is 0 Å². The second-order valence-electron chi connectivity index (χ2n) is 8.40. The highest BCUT2D eigenvalue weighted by Gasteiger charge is 2.25.